The number of amides is 1. The molecule has 2 atom stereocenters. The van der Waals surface area contributed by atoms with Gasteiger partial charge < -0.3 is 9.64 Å². The third kappa shape index (κ3) is 3.83. The Morgan fingerprint density at radius 3 is 2.76 bits per heavy atom. The number of carbonyl (C=O) groups excluding carboxylic acids is 2. The minimum absolute atomic E-state index is 0.242. The van der Waals surface area contributed by atoms with Crippen molar-refractivity contribution in [3.05, 3.63) is 35.4 Å². The summed E-state index contributed by atoms with van der Waals surface area (Å²) in [5, 5.41) is 2.83. The number of benzene rings is 1. The maximum atomic E-state index is 12.7. The number of aliphatic imine (C=N–C) groups is 1. The smallest absolute Gasteiger partial charge is 0.321 e. The minimum Gasteiger partial charge on any atom is -0.465 e. The Bertz CT molecular complexity index is 680. The number of nitrogens with one attached hydrogen (secondary N) is 1. The Labute approximate surface area is 148 Å². The summed E-state index contributed by atoms with van der Waals surface area (Å²) in [4.78, 5) is 32.0. The molecule has 1 aromatic rings. The molecule has 0 bridgehead atoms. The molecule has 6 heteroatoms. The van der Waals surface area contributed by atoms with E-state index in [9.17, 15) is 9.59 Å². The van der Waals surface area contributed by atoms with E-state index in [1.807, 2.05) is 31.2 Å². The van der Waals surface area contributed by atoms with Crippen molar-refractivity contribution in [2.24, 2.45) is 10.9 Å². The highest BCUT2D eigenvalue weighted by molar-refractivity contribution is 6.08. The van der Waals surface area contributed by atoms with Gasteiger partial charge in [0.25, 0.3) is 0 Å². The van der Waals surface area contributed by atoms with E-state index in [-0.39, 0.29) is 12.5 Å². The molecular weight excluding hydrogens is 318 g/mol. The van der Waals surface area contributed by atoms with Crippen LogP contribution < -0.4 is 5.32 Å². The molecule has 6 nitrogen and oxygen atoms in total. The molecule has 1 amide bonds. The molecule has 0 radical (unpaired) electrons. The van der Waals surface area contributed by atoms with Crippen LogP contribution in [0.5, 0.6) is 0 Å². The molecule has 1 aromatic carbocycles. The van der Waals surface area contributed by atoms with Crippen molar-refractivity contribution in [2.75, 3.05) is 19.7 Å². The van der Waals surface area contributed by atoms with Gasteiger partial charge in [0.2, 0.25) is 11.9 Å². The van der Waals surface area contributed by atoms with E-state index in [4.69, 9.17) is 9.73 Å². The molecule has 1 fully saturated rings. The molecule has 0 aromatic heterocycles. The van der Waals surface area contributed by atoms with Gasteiger partial charge in [-0.25, -0.2) is 4.99 Å². The lowest BCUT2D eigenvalue weighted by Crippen LogP contribution is -2.53. The Morgan fingerprint density at radius 1 is 1.32 bits per heavy atom. The molecule has 1 saturated heterocycles. The number of ether oxygens (including phenoxy) is 1. The standard InChI is InChI=1S/C19H25N3O3/c1-3-25-18(24)15-16(14-9-7-8-13(2)12-14)20-19(21-17(15)23)22-10-5-4-6-11-22/h7-9,12,15-16H,3-6,10-11H2,1-2H3,(H,20,21,23)/t15-,16-/m0/s1. The number of guanidine groups is 1. The molecular formula is C19H25N3O3. The van der Waals surface area contributed by atoms with E-state index >= 15 is 0 Å². The van der Waals surface area contributed by atoms with Crippen LogP contribution in [0.4, 0.5) is 0 Å². The van der Waals surface area contributed by atoms with Crippen molar-refractivity contribution in [2.45, 2.75) is 39.2 Å². The summed E-state index contributed by atoms with van der Waals surface area (Å²) in [6.07, 6.45) is 3.38. The van der Waals surface area contributed by atoms with Crippen molar-refractivity contribution < 1.29 is 14.3 Å². The average Bonchev–Trinajstić information content (AvgIpc) is 2.62. The van der Waals surface area contributed by atoms with Crippen LogP contribution in [0.3, 0.4) is 0 Å². The number of carbonyl (C=O) groups is 2. The number of likely N-dealkylation sites (tertiary alicyclic amines) is 1. The van der Waals surface area contributed by atoms with Crippen LogP contribution in [0.25, 0.3) is 0 Å². The first-order valence-corrected chi connectivity index (χ1v) is 8.97. The van der Waals surface area contributed by atoms with Crippen LogP contribution in [-0.2, 0) is 14.3 Å². The highest BCUT2D eigenvalue weighted by Gasteiger charge is 2.42. The Kier molecular flexibility index (Phi) is 5.36. The summed E-state index contributed by atoms with van der Waals surface area (Å²) in [5.74, 6) is -1.22. The molecule has 0 aliphatic carbocycles. The number of hydrogen-bond acceptors (Lipinski definition) is 5. The van der Waals surface area contributed by atoms with E-state index in [0.717, 1.165) is 37.1 Å². The molecule has 0 saturated carbocycles. The molecule has 0 unspecified atom stereocenters. The Hall–Kier alpha value is -2.37. The van der Waals surface area contributed by atoms with Gasteiger partial charge in [-0.05, 0) is 38.7 Å². The van der Waals surface area contributed by atoms with E-state index < -0.39 is 17.9 Å². The molecule has 1 N–H and O–H groups in total. The molecule has 2 aliphatic heterocycles. The number of hydrogen-bond donors (Lipinski definition) is 1. The fourth-order valence-electron chi connectivity index (χ4n) is 3.43. The lowest BCUT2D eigenvalue weighted by molar-refractivity contribution is -0.153. The number of piperidine rings is 1. The number of rotatable bonds is 3. The van der Waals surface area contributed by atoms with Crippen LogP contribution >= 0.6 is 0 Å². The zero-order valence-corrected chi connectivity index (χ0v) is 14.8. The highest BCUT2D eigenvalue weighted by atomic mass is 16.5. The first kappa shape index (κ1) is 17.5. The second-order valence-corrected chi connectivity index (χ2v) is 6.58. The SMILES string of the molecule is CCOC(=O)[C@@H]1C(=O)NC(N2CCCCC2)=N[C@H]1c1cccc(C)c1. The topological polar surface area (TPSA) is 71.0 Å². The van der Waals surface area contributed by atoms with Gasteiger partial charge in [-0.2, -0.15) is 0 Å². The van der Waals surface area contributed by atoms with Gasteiger partial charge in [-0.3, -0.25) is 14.9 Å². The number of nitrogens with zero attached hydrogens (tertiary/aromatic N) is 2. The van der Waals surface area contributed by atoms with Crippen LogP contribution in [0.2, 0.25) is 0 Å². The van der Waals surface area contributed by atoms with E-state index in [1.165, 1.54) is 6.42 Å². The highest BCUT2D eigenvalue weighted by Crippen LogP contribution is 2.31. The minimum atomic E-state index is -0.949. The lowest BCUT2D eigenvalue weighted by atomic mass is 9.90. The number of esters is 1. The molecule has 0 spiro atoms. The average molecular weight is 343 g/mol. The van der Waals surface area contributed by atoms with Gasteiger partial charge in [-0.15, -0.1) is 0 Å². The van der Waals surface area contributed by atoms with Gasteiger partial charge in [0.15, 0.2) is 5.92 Å². The van der Waals surface area contributed by atoms with Crippen LogP contribution in [0.15, 0.2) is 29.3 Å². The summed E-state index contributed by atoms with van der Waals surface area (Å²) in [6.45, 7) is 5.73. The molecule has 25 heavy (non-hydrogen) atoms. The third-order valence-electron chi connectivity index (χ3n) is 4.67. The van der Waals surface area contributed by atoms with E-state index in [2.05, 4.69) is 10.2 Å². The summed E-state index contributed by atoms with van der Waals surface area (Å²) in [5.41, 5.74) is 1.93. The number of aryl methyl sites for hydroxylation is 1. The Morgan fingerprint density at radius 2 is 2.08 bits per heavy atom. The maximum absolute atomic E-state index is 12.7. The van der Waals surface area contributed by atoms with Crippen molar-refractivity contribution in [1.82, 2.24) is 10.2 Å². The van der Waals surface area contributed by atoms with Crippen molar-refractivity contribution in [3.8, 4) is 0 Å². The summed E-state index contributed by atoms with van der Waals surface area (Å²) >= 11 is 0. The van der Waals surface area contributed by atoms with E-state index in [1.54, 1.807) is 6.92 Å². The van der Waals surface area contributed by atoms with Gasteiger partial charge in [-0.1, -0.05) is 29.8 Å². The van der Waals surface area contributed by atoms with Crippen LogP contribution in [0.1, 0.15) is 43.4 Å². The zero-order valence-electron chi connectivity index (χ0n) is 14.8. The monoisotopic (exact) mass is 343 g/mol. The predicted molar refractivity (Wildman–Crippen MR) is 95.0 cm³/mol. The summed E-state index contributed by atoms with van der Waals surface area (Å²) in [6, 6.07) is 7.26. The largest absolute Gasteiger partial charge is 0.465 e. The zero-order chi connectivity index (χ0) is 17.8. The fraction of sp³-hybridized carbons (Fsp3) is 0.526. The first-order valence-electron chi connectivity index (χ1n) is 8.97. The van der Waals surface area contributed by atoms with Crippen molar-refractivity contribution in [3.63, 3.8) is 0 Å². The van der Waals surface area contributed by atoms with E-state index in [0.29, 0.717) is 5.96 Å². The molecule has 2 aliphatic rings. The summed E-state index contributed by atoms with van der Waals surface area (Å²) in [7, 11) is 0. The first-order chi connectivity index (χ1) is 12.1. The fourth-order valence-corrected chi connectivity index (χ4v) is 3.43. The van der Waals surface area contributed by atoms with Crippen molar-refractivity contribution >= 4 is 17.8 Å². The third-order valence-corrected chi connectivity index (χ3v) is 4.67. The van der Waals surface area contributed by atoms with Gasteiger partial charge in [0.05, 0.1) is 6.61 Å². The molecule has 134 valence electrons. The second kappa shape index (κ2) is 7.68. The Balaban J connectivity index is 1.97. The summed E-state index contributed by atoms with van der Waals surface area (Å²) < 4.78 is 5.13. The van der Waals surface area contributed by atoms with Gasteiger partial charge >= 0.3 is 5.97 Å². The van der Waals surface area contributed by atoms with Crippen LogP contribution in [0, 0.1) is 12.8 Å². The van der Waals surface area contributed by atoms with Crippen molar-refractivity contribution in [1.29, 1.82) is 0 Å². The quantitative estimate of drug-likeness (QED) is 0.675. The maximum Gasteiger partial charge on any atom is 0.321 e. The normalized spacial score (nSPS) is 23.7. The molecule has 2 heterocycles. The second-order valence-electron chi connectivity index (χ2n) is 6.58. The van der Waals surface area contributed by atoms with Gasteiger partial charge in [0, 0.05) is 13.1 Å². The predicted octanol–water partition coefficient (Wildman–Crippen LogP) is 2.19. The molecule has 3 rings (SSSR count). The van der Waals surface area contributed by atoms with Gasteiger partial charge in [0.1, 0.15) is 6.04 Å². The van der Waals surface area contributed by atoms with Crippen LogP contribution in [-0.4, -0.2) is 42.4 Å². The lowest BCUT2D eigenvalue weighted by Gasteiger charge is -2.35.